The van der Waals surface area contributed by atoms with Gasteiger partial charge in [0.1, 0.15) is 12.4 Å². The van der Waals surface area contributed by atoms with Crippen molar-refractivity contribution < 1.29 is 32.2 Å². The lowest BCUT2D eigenvalue weighted by Gasteiger charge is -2.18. The lowest BCUT2D eigenvalue weighted by molar-refractivity contribution is -0.137. The standard InChI is InChI=1S/C30H28F3NO4/c1-3-37-29(36)26-16-21(12-14-27(26)34-19(2)35)23-10-7-11-24(23)25-17-22(30(31,32)33)13-15-28(25)38-18-20-8-5-4-6-9-20/h4-6,8-9,12-17H,3,7,10-11,18H2,1-2H3,(H,34,35). The summed E-state index contributed by atoms with van der Waals surface area (Å²) in [6.45, 7) is 3.39. The summed E-state index contributed by atoms with van der Waals surface area (Å²) >= 11 is 0. The number of esters is 1. The Bertz CT molecular complexity index is 1360. The zero-order valence-corrected chi connectivity index (χ0v) is 21.2. The van der Waals surface area contributed by atoms with E-state index >= 15 is 0 Å². The Hall–Kier alpha value is -4.07. The summed E-state index contributed by atoms with van der Waals surface area (Å²) in [7, 11) is 0. The van der Waals surface area contributed by atoms with Gasteiger partial charge in [0.15, 0.2) is 0 Å². The first-order valence-electron chi connectivity index (χ1n) is 12.4. The summed E-state index contributed by atoms with van der Waals surface area (Å²) in [6.07, 6.45) is -2.60. The van der Waals surface area contributed by atoms with Gasteiger partial charge in [0.2, 0.25) is 5.91 Å². The Morgan fingerprint density at radius 2 is 1.68 bits per heavy atom. The molecule has 0 spiro atoms. The number of amides is 1. The molecule has 3 aromatic rings. The minimum absolute atomic E-state index is 0.156. The number of nitrogens with one attached hydrogen (secondary N) is 1. The predicted octanol–water partition coefficient (Wildman–Crippen LogP) is 7.51. The molecule has 0 unspecified atom stereocenters. The Labute approximate surface area is 219 Å². The van der Waals surface area contributed by atoms with Crippen molar-refractivity contribution in [2.45, 2.75) is 45.9 Å². The SMILES string of the molecule is CCOC(=O)c1cc(C2=C(c3cc(C(F)(F)F)ccc3OCc3ccccc3)CCC2)ccc1NC(C)=O. The molecule has 0 radical (unpaired) electrons. The van der Waals surface area contributed by atoms with Gasteiger partial charge >= 0.3 is 12.1 Å². The maximum absolute atomic E-state index is 13.7. The molecule has 0 bridgehead atoms. The van der Waals surface area contributed by atoms with Crippen LogP contribution in [0.3, 0.4) is 0 Å². The number of rotatable bonds is 8. The first kappa shape index (κ1) is 27.0. The third-order valence-corrected chi connectivity index (χ3v) is 6.26. The number of carbonyl (C=O) groups is 2. The maximum atomic E-state index is 13.7. The topological polar surface area (TPSA) is 64.6 Å². The second kappa shape index (κ2) is 11.5. The lowest BCUT2D eigenvalue weighted by Crippen LogP contribution is -2.13. The lowest BCUT2D eigenvalue weighted by atomic mass is 9.93. The van der Waals surface area contributed by atoms with Crippen LogP contribution < -0.4 is 10.1 Å². The fourth-order valence-corrected chi connectivity index (χ4v) is 4.57. The molecule has 198 valence electrons. The molecule has 0 saturated heterocycles. The van der Waals surface area contributed by atoms with Crippen LogP contribution in [0.4, 0.5) is 18.9 Å². The Kier molecular flexibility index (Phi) is 8.20. The minimum Gasteiger partial charge on any atom is -0.488 e. The summed E-state index contributed by atoms with van der Waals surface area (Å²) in [5.74, 6) is -0.575. The molecular formula is C30H28F3NO4. The molecule has 0 aromatic heterocycles. The fraction of sp³-hybridized carbons (Fsp3) is 0.267. The molecule has 3 aromatic carbocycles. The molecule has 0 saturated carbocycles. The van der Waals surface area contributed by atoms with Gasteiger partial charge in [-0.05, 0) is 78.8 Å². The van der Waals surface area contributed by atoms with E-state index in [0.29, 0.717) is 35.4 Å². The van der Waals surface area contributed by atoms with Crippen LogP contribution in [0.15, 0.2) is 66.7 Å². The molecular weight excluding hydrogens is 495 g/mol. The van der Waals surface area contributed by atoms with Crippen molar-refractivity contribution in [1.29, 1.82) is 0 Å². The summed E-state index contributed by atoms with van der Waals surface area (Å²) in [5, 5.41) is 2.64. The first-order chi connectivity index (χ1) is 18.2. The summed E-state index contributed by atoms with van der Waals surface area (Å²) in [4.78, 5) is 24.3. The molecule has 8 heteroatoms. The number of ether oxygens (including phenoxy) is 2. The third kappa shape index (κ3) is 6.25. The van der Waals surface area contributed by atoms with Gasteiger partial charge in [-0.2, -0.15) is 13.2 Å². The van der Waals surface area contributed by atoms with Crippen LogP contribution in [0, 0.1) is 0 Å². The summed E-state index contributed by atoms with van der Waals surface area (Å²) in [6, 6.07) is 17.9. The Morgan fingerprint density at radius 1 is 0.947 bits per heavy atom. The molecule has 1 aliphatic rings. The molecule has 1 amide bonds. The van der Waals surface area contributed by atoms with Crippen LogP contribution in [0.2, 0.25) is 0 Å². The first-order valence-corrected chi connectivity index (χ1v) is 12.4. The molecule has 1 N–H and O–H groups in total. The Balaban J connectivity index is 1.80. The van der Waals surface area contributed by atoms with Crippen molar-refractivity contribution in [3.8, 4) is 5.75 Å². The largest absolute Gasteiger partial charge is 0.488 e. The number of benzene rings is 3. The van der Waals surface area contributed by atoms with E-state index in [0.717, 1.165) is 35.3 Å². The van der Waals surface area contributed by atoms with E-state index in [2.05, 4.69) is 5.32 Å². The fourth-order valence-electron chi connectivity index (χ4n) is 4.57. The molecule has 0 fully saturated rings. The van der Waals surface area contributed by atoms with Crippen molar-refractivity contribution >= 4 is 28.7 Å². The maximum Gasteiger partial charge on any atom is 0.416 e. The second-order valence-electron chi connectivity index (χ2n) is 8.96. The average molecular weight is 524 g/mol. The zero-order chi connectivity index (χ0) is 27.3. The van der Waals surface area contributed by atoms with E-state index < -0.39 is 17.7 Å². The highest BCUT2D eigenvalue weighted by Gasteiger charge is 2.32. The van der Waals surface area contributed by atoms with Crippen LogP contribution in [-0.2, 0) is 22.3 Å². The van der Waals surface area contributed by atoms with Crippen LogP contribution in [0.25, 0.3) is 11.1 Å². The second-order valence-corrected chi connectivity index (χ2v) is 8.96. The number of allylic oxidation sites excluding steroid dienone is 2. The van der Waals surface area contributed by atoms with Gasteiger partial charge in [0.25, 0.3) is 0 Å². The van der Waals surface area contributed by atoms with E-state index in [9.17, 15) is 22.8 Å². The van der Waals surface area contributed by atoms with Crippen molar-refractivity contribution in [1.82, 2.24) is 0 Å². The highest BCUT2D eigenvalue weighted by atomic mass is 19.4. The average Bonchev–Trinajstić information content (AvgIpc) is 3.37. The van der Waals surface area contributed by atoms with E-state index in [-0.39, 0.29) is 24.7 Å². The number of alkyl halides is 3. The molecule has 38 heavy (non-hydrogen) atoms. The van der Waals surface area contributed by atoms with E-state index in [1.54, 1.807) is 25.1 Å². The van der Waals surface area contributed by atoms with Gasteiger partial charge in [0, 0.05) is 12.5 Å². The van der Waals surface area contributed by atoms with Crippen LogP contribution >= 0.6 is 0 Å². The van der Waals surface area contributed by atoms with Gasteiger partial charge in [-0.3, -0.25) is 4.79 Å². The quantitative estimate of drug-likeness (QED) is 0.310. The highest BCUT2D eigenvalue weighted by Crippen LogP contribution is 2.45. The van der Waals surface area contributed by atoms with Crippen molar-refractivity contribution in [2.75, 3.05) is 11.9 Å². The summed E-state index contributed by atoms with van der Waals surface area (Å²) in [5.41, 5.74) is 3.26. The number of hydrogen-bond acceptors (Lipinski definition) is 4. The molecule has 4 rings (SSSR count). The Morgan fingerprint density at radius 3 is 2.37 bits per heavy atom. The van der Waals surface area contributed by atoms with Crippen LogP contribution in [-0.4, -0.2) is 18.5 Å². The van der Waals surface area contributed by atoms with Gasteiger partial charge in [-0.15, -0.1) is 0 Å². The number of carbonyl (C=O) groups excluding carboxylic acids is 2. The van der Waals surface area contributed by atoms with Crippen molar-refractivity contribution in [2.24, 2.45) is 0 Å². The van der Waals surface area contributed by atoms with Crippen molar-refractivity contribution in [3.05, 3.63) is 94.5 Å². The third-order valence-electron chi connectivity index (χ3n) is 6.26. The van der Waals surface area contributed by atoms with Gasteiger partial charge in [0.05, 0.1) is 23.4 Å². The van der Waals surface area contributed by atoms with E-state index in [1.807, 2.05) is 30.3 Å². The minimum atomic E-state index is -4.51. The van der Waals surface area contributed by atoms with E-state index in [4.69, 9.17) is 9.47 Å². The smallest absolute Gasteiger partial charge is 0.416 e. The molecule has 0 atom stereocenters. The van der Waals surface area contributed by atoms with Crippen LogP contribution in [0.5, 0.6) is 5.75 Å². The van der Waals surface area contributed by atoms with Gasteiger partial charge in [-0.1, -0.05) is 36.4 Å². The molecule has 5 nitrogen and oxygen atoms in total. The van der Waals surface area contributed by atoms with Gasteiger partial charge < -0.3 is 14.8 Å². The monoisotopic (exact) mass is 523 g/mol. The van der Waals surface area contributed by atoms with Crippen molar-refractivity contribution in [3.63, 3.8) is 0 Å². The van der Waals surface area contributed by atoms with Crippen LogP contribution in [0.1, 0.15) is 65.7 Å². The normalized spacial score (nSPS) is 13.4. The molecule has 0 aliphatic heterocycles. The van der Waals surface area contributed by atoms with Gasteiger partial charge in [-0.25, -0.2) is 4.79 Å². The van der Waals surface area contributed by atoms with E-state index in [1.165, 1.54) is 13.0 Å². The summed E-state index contributed by atoms with van der Waals surface area (Å²) < 4.78 is 52.2. The zero-order valence-electron chi connectivity index (χ0n) is 21.2. The number of hydrogen-bond donors (Lipinski definition) is 1. The molecule has 0 heterocycles. The predicted molar refractivity (Wildman–Crippen MR) is 140 cm³/mol. The highest BCUT2D eigenvalue weighted by molar-refractivity contribution is 6.03. The number of anilines is 1. The molecule has 1 aliphatic carbocycles. The number of halogens is 3.